The van der Waals surface area contributed by atoms with Gasteiger partial charge < -0.3 is 9.88 Å². The molecule has 0 saturated heterocycles. The third-order valence-electron chi connectivity index (χ3n) is 4.89. The van der Waals surface area contributed by atoms with Gasteiger partial charge in [-0.1, -0.05) is 74.1 Å². The molecule has 0 aliphatic carbocycles. The number of amides is 1. The molecular formula is C23H28N4OS. The Morgan fingerprint density at radius 1 is 1.07 bits per heavy atom. The van der Waals surface area contributed by atoms with Gasteiger partial charge in [-0.05, 0) is 37.8 Å². The lowest BCUT2D eigenvalue weighted by Crippen LogP contribution is -2.24. The Balaban J connectivity index is 1.79. The number of anilines is 1. The third kappa shape index (κ3) is 4.70. The maximum atomic E-state index is 12.9. The Morgan fingerprint density at radius 2 is 1.79 bits per heavy atom. The van der Waals surface area contributed by atoms with Crippen LogP contribution in [0, 0.1) is 6.92 Å². The zero-order valence-corrected chi connectivity index (χ0v) is 18.5. The molecule has 2 aromatic carbocycles. The Labute approximate surface area is 176 Å². The van der Waals surface area contributed by atoms with E-state index in [1.165, 1.54) is 11.8 Å². The predicted molar refractivity (Wildman–Crippen MR) is 120 cm³/mol. The summed E-state index contributed by atoms with van der Waals surface area (Å²) in [4.78, 5) is 12.9. The van der Waals surface area contributed by atoms with Crippen LogP contribution in [0.25, 0.3) is 11.4 Å². The zero-order valence-electron chi connectivity index (χ0n) is 17.6. The average Bonchev–Trinajstić information content (AvgIpc) is 3.12. The monoisotopic (exact) mass is 408 g/mol. The maximum absolute atomic E-state index is 12.9. The van der Waals surface area contributed by atoms with Gasteiger partial charge in [-0.2, -0.15) is 0 Å². The first-order valence-electron chi connectivity index (χ1n) is 9.98. The summed E-state index contributed by atoms with van der Waals surface area (Å²) in [6.45, 7) is 11.0. The topological polar surface area (TPSA) is 59.8 Å². The highest BCUT2D eigenvalue weighted by molar-refractivity contribution is 8.00. The molecule has 6 heteroatoms. The van der Waals surface area contributed by atoms with Gasteiger partial charge in [0.2, 0.25) is 5.91 Å². The predicted octanol–water partition coefficient (Wildman–Crippen LogP) is 5.52. The number of rotatable bonds is 7. The summed E-state index contributed by atoms with van der Waals surface area (Å²) >= 11 is 1.44. The van der Waals surface area contributed by atoms with Crippen LogP contribution >= 0.6 is 11.8 Å². The number of hydrogen-bond acceptors (Lipinski definition) is 4. The van der Waals surface area contributed by atoms with Crippen molar-refractivity contribution in [1.29, 1.82) is 0 Å². The fraction of sp³-hybridized carbons (Fsp3) is 0.348. The van der Waals surface area contributed by atoms with E-state index in [1.807, 2.05) is 56.3 Å². The number of hydrogen-bond donors (Lipinski definition) is 1. The molecule has 29 heavy (non-hydrogen) atoms. The molecule has 0 fully saturated rings. The van der Waals surface area contributed by atoms with Crippen molar-refractivity contribution >= 4 is 23.4 Å². The van der Waals surface area contributed by atoms with Crippen LogP contribution in [0.15, 0.2) is 53.7 Å². The quantitative estimate of drug-likeness (QED) is 0.523. The average molecular weight is 409 g/mol. The highest BCUT2D eigenvalue weighted by Crippen LogP contribution is 2.30. The summed E-state index contributed by atoms with van der Waals surface area (Å²) in [5.41, 5.74) is 4.16. The molecule has 152 valence electrons. The number of carbonyl (C=O) groups excluding carboxylic acids is 1. The molecule has 0 aliphatic heterocycles. The molecule has 5 nitrogen and oxygen atoms in total. The number of para-hydroxylation sites is 1. The molecule has 1 amide bonds. The van der Waals surface area contributed by atoms with Gasteiger partial charge in [0.25, 0.3) is 0 Å². The first kappa shape index (κ1) is 21.1. The molecule has 1 aromatic heterocycles. The molecule has 1 heterocycles. The van der Waals surface area contributed by atoms with Crippen LogP contribution in [0.2, 0.25) is 0 Å². The summed E-state index contributed by atoms with van der Waals surface area (Å²) in [5, 5.41) is 12.3. The van der Waals surface area contributed by atoms with Crippen LogP contribution in [0.3, 0.4) is 0 Å². The van der Waals surface area contributed by atoms with Crippen molar-refractivity contribution in [2.45, 2.75) is 57.5 Å². The highest BCUT2D eigenvalue weighted by Gasteiger charge is 2.22. The van der Waals surface area contributed by atoms with Gasteiger partial charge in [-0.3, -0.25) is 4.79 Å². The van der Waals surface area contributed by atoms with Crippen LogP contribution in [0.5, 0.6) is 0 Å². The first-order chi connectivity index (χ1) is 13.9. The van der Waals surface area contributed by atoms with Crippen molar-refractivity contribution in [2.75, 3.05) is 5.32 Å². The first-order valence-corrected chi connectivity index (χ1v) is 10.9. The number of thioether (sulfide) groups is 1. The van der Waals surface area contributed by atoms with Gasteiger partial charge in [0.15, 0.2) is 11.0 Å². The standard InChI is InChI=1S/C23H28N4OS/c1-6-27-21(18-12-8-7-9-13-18)25-26-23(27)29-17(5)22(28)24-20-16(4)11-10-14-19(20)15(2)3/h7-15,17H,6H2,1-5H3,(H,24,28)/t17-/m0/s1. The molecule has 0 saturated carbocycles. The number of nitrogens with one attached hydrogen (secondary N) is 1. The van der Waals surface area contributed by atoms with Crippen molar-refractivity contribution in [3.63, 3.8) is 0 Å². The van der Waals surface area contributed by atoms with E-state index in [-0.39, 0.29) is 11.2 Å². The van der Waals surface area contributed by atoms with E-state index in [4.69, 9.17) is 0 Å². The van der Waals surface area contributed by atoms with E-state index < -0.39 is 0 Å². The molecule has 3 aromatic rings. The number of benzene rings is 2. The number of aryl methyl sites for hydroxylation is 1. The van der Waals surface area contributed by atoms with Gasteiger partial charge in [0, 0.05) is 17.8 Å². The number of nitrogens with zero attached hydrogens (tertiary/aromatic N) is 3. The highest BCUT2D eigenvalue weighted by atomic mass is 32.2. The maximum Gasteiger partial charge on any atom is 0.237 e. The molecule has 3 rings (SSSR count). The van der Waals surface area contributed by atoms with Crippen LogP contribution in [0.4, 0.5) is 5.69 Å². The van der Waals surface area contributed by atoms with Crippen molar-refractivity contribution in [2.24, 2.45) is 0 Å². The zero-order chi connectivity index (χ0) is 21.0. The summed E-state index contributed by atoms with van der Waals surface area (Å²) < 4.78 is 2.05. The van der Waals surface area contributed by atoms with Gasteiger partial charge in [-0.15, -0.1) is 10.2 Å². The summed E-state index contributed by atoms with van der Waals surface area (Å²) in [6, 6.07) is 16.1. The lowest BCUT2D eigenvalue weighted by molar-refractivity contribution is -0.115. The lowest BCUT2D eigenvalue weighted by atomic mass is 9.98. The summed E-state index contributed by atoms with van der Waals surface area (Å²) in [7, 11) is 0. The fourth-order valence-electron chi connectivity index (χ4n) is 3.24. The minimum atomic E-state index is -0.298. The normalized spacial score (nSPS) is 12.2. The van der Waals surface area contributed by atoms with Crippen LogP contribution in [-0.4, -0.2) is 25.9 Å². The van der Waals surface area contributed by atoms with Crippen LogP contribution in [0.1, 0.15) is 44.7 Å². The largest absolute Gasteiger partial charge is 0.325 e. The van der Waals surface area contributed by atoms with Crippen LogP contribution < -0.4 is 5.32 Å². The van der Waals surface area contributed by atoms with Crippen molar-refractivity contribution in [1.82, 2.24) is 14.8 Å². The third-order valence-corrected chi connectivity index (χ3v) is 5.97. The van der Waals surface area contributed by atoms with E-state index in [1.54, 1.807) is 0 Å². The van der Waals surface area contributed by atoms with Gasteiger partial charge in [0.05, 0.1) is 5.25 Å². The molecular weight excluding hydrogens is 380 g/mol. The van der Waals surface area contributed by atoms with E-state index in [9.17, 15) is 4.79 Å². The smallest absolute Gasteiger partial charge is 0.237 e. The summed E-state index contributed by atoms with van der Waals surface area (Å²) in [5.74, 6) is 1.13. The minimum Gasteiger partial charge on any atom is -0.325 e. The molecule has 1 atom stereocenters. The lowest BCUT2D eigenvalue weighted by Gasteiger charge is -2.18. The Bertz CT molecular complexity index is 982. The second-order valence-electron chi connectivity index (χ2n) is 7.36. The van der Waals surface area contributed by atoms with Crippen molar-refractivity contribution in [3.05, 3.63) is 59.7 Å². The molecule has 0 unspecified atom stereocenters. The molecule has 1 N–H and O–H groups in total. The van der Waals surface area contributed by atoms with Crippen molar-refractivity contribution in [3.8, 4) is 11.4 Å². The van der Waals surface area contributed by atoms with E-state index in [2.05, 4.69) is 46.9 Å². The molecule has 0 radical (unpaired) electrons. The van der Waals surface area contributed by atoms with Crippen LogP contribution in [-0.2, 0) is 11.3 Å². The van der Waals surface area contributed by atoms with Gasteiger partial charge >= 0.3 is 0 Å². The second-order valence-corrected chi connectivity index (χ2v) is 8.67. The van der Waals surface area contributed by atoms with Crippen molar-refractivity contribution < 1.29 is 4.79 Å². The Hall–Kier alpha value is -2.60. The molecule has 0 aliphatic rings. The minimum absolute atomic E-state index is 0.0295. The second kappa shape index (κ2) is 9.27. The summed E-state index contributed by atoms with van der Waals surface area (Å²) in [6.07, 6.45) is 0. The van der Waals surface area contributed by atoms with E-state index in [0.717, 1.165) is 39.9 Å². The molecule has 0 bridgehead atoms. The fourth-order valence-corrected chi connectivity index (χ4v) is 4.15. The SMILES string of the molecule is CCn1c(S[C@@H](C)C(=O)Nc2c(C)cccc2C(C)C)nnc1-c1ccccc1. The van der Waals surface area contributed by atoms with Gasteiger partial charge in [-0.25, -0.2) is 0 Å². The molecule has 0 spiro atoms. The Morgan fingerprint density at radius 3 is 2.45 bits per heavy atom. The van der Waals surface area contributed by atoms with Gasteiger partial charge in [0.1, 0.15) is 0 Å². The number of carbonyl (C=O) groups is 1. The van der Waals surface area contributed by atoms with E-state index in [0.29, 0.717) is 5.92 Å². The van der Waals surface area contributed by atoms with E-state index >= 15 is 0 Å². The number of aromatic nitrogens is 3. The Kier molecular flexibility index (Phi) is 6.75.